The van der Waals surface area contributed by atoms with Crippen LogP contribution in [-0.2, 0) is 9.59 Å². The highest BCUT2D eigenvalue weighted by molar-refractivity contribution is 6.23. The zero-order valence-electron chi connectivity index (χ0n) is 34.7. The first-order valence-corrected chi connectivity index (χ1v) is 22.4. The Labute approximate surface area is 366 Å². The maximum Gasteiger partial charge on any atom is 0.262 e. The van der Waals surface area contributed by atoms with Crippen LogP contribution in [0.25, 0.3) is 11.1 Å². The van der Waals surface area contributed by atoms with Crippen LogP contribution in [0.2, 0.25) is 0 Å². The van der Waals surface area contributed by atoms with Crippen LogP contribution >= 0.6 is 11.6 Å². The van der Waals surface area contributed by atoms with Gasteiger partial charge in [0, 0.05) is 56.3 Å². The van der Waals surface area contributed by atoms with Crippen LogP contribution in [0.15, 0.2) is 91.0 Å². The van der Waals surface area contributed by atoms with Crippen molar-refractivity contribution in [2.24, 2.45) is 5.92 Å². The van der Waals surface area contributed by atoms with Crippen molar-refractivity contribution >= 4 is 52.1 Å². The number of piperidine rings is 2. The maximum absolute atomic E-state index is 13.5. The number of piperazine rings is 1. The molecule has 0 spiro atoms. The first kappa shape index (κ1) is 41.7. The van der Waals surface area contributed by atoms with Crippen LogP contribution in [0.3, 0.4) is 0 Å². The average Bonchev–Trinajstić information content (AvgIpc) is 3.69. The van der Waals surface area contributed by atoms with E-state index in [1.807, 2.05) is 48.5 Å². The van der Waals surface area contributed by atoms with Crippen molar-refractivity contribution in [1.82, 2.24) is 20.0 Å². The minimum Gasteiger partial charge on any atom is -0.508 e. The van der Waals surface area contributed by atoms with Crippen molar-refractivity contribution in [3.63, 3.8) is 0 Å². The van der Waals surface area contributed by atoms with Gasteiger partial charge in [-0.1, -0.05) is 36.4 Å². The highest BCUT2D eigenvalue weighted by Gasteiger charge is 2.46. The van der Waals surface area contributed by atoms with Gasteiger partial charge in [0.25, 0.3) is 11.8 Å². The number of benzene rings is 4. The van der Waals surface area contributed by atoms with E-state index < -0.39 is 23.8 Å². The topological polar surface area (TPSA) is 143 Å². The monoisotopic (exact) mass is 857 g/mol. The van der Waals surface area contributed by atoms with Crippen LogP contribution in [-0.4, -0.2) is 118 Å². The van der Waals surface area contributed by atoms with Gasteiger partial charge in [0.1, 0.15) is 29.9 Å². The van der Waals surface area contributed by atoms with Crippen molar-refractivity contribution in [2.75, 3.05) is 56.7 Å². The molecular formula is C49H52ClN5O7. The number of aromatic hydroxyl groups is 2. The molecule has 5 aliphatic rings. The number of hydrogen-bond acceptors (Lipinski definition) is 10. The van der Waals surface area contributed by atoms with E-state index in [0.717, 1.165) is 109 Å². The number of phenols is 2. The second-order valence-electron chi connectivity index (χ2n) is 17.2. The summed E-state index contributed by atoms with van der Waals surface area (Å²) in [6, 6.07) is 27.7. The normalized spacial score (nSPS) is 22.5. The number of anilines is 1. The first-order valence-electron chi connectivity index (χ1n) is 21.8. The lowest BCUT2D eigenvalue weighted by Crippen LogP contribution is -2.55. The molecule has 4 aromatic carbocycles. The molecule has 13 heteroatoms. The van der Waals surface area contributed by atoms with Crippen molar-refractivity contribution in [1.29, 1.82) is 0 Å². The Morgan fingerprint density at radius 1 is 0.710 bits per heavy atom. The number of carbonyl (C=O) groups excluding carboxylic acids is 4. The van der Waals surface area contributed by atoms with Gasteiger partial charge < -0.3 is 19.8 Å². The molecule has 322 valence electrons. The lowest BCUT2D eigenvalue weighted by Gasteiger charge is -2.44. The molecule has 4 amide bonds. The van der Waals surface area contributed by atoms with Crippen molar-refractivity contribution in [3.05, 3.63) is 119 Å². The molecule has 4 saturated heterocycles. The quantitative estimate of drug-likeness (QED) is 0.0772. The Kier molecular flexibility index (Phi) is 12.1. The summed E-state index contributed by atoms with van der Waals surface area (Å²) in [6.07, 6.45) is 5.32. The van der Waals surface area contributed by atoms with Gasteiger partial charge in [-0.25, -0.2) is 0 Å². The second kappa shape index (κ2) is 18.0. The zero-order valence-corrected chi connectivity index (χ0v) is 35.4. The lowest BCUT2D eigenvalue weighted by molar-refractivity contribution is -0.136. The van der Waals surface area contributed by atoms with Crippen LogP contribution in [0, 0.1) is 5.92 Å². The third-order valence-corrected chi connectivity index (χ3v) is 13.5. The molecule has 3 N–H and O–H groups in total. The summed E-state index contributed by atoms with van der Waals surface area (Å²) in [5.41, 5.74) is 6.60. The van der Waals surface area contributed by atoms with Gasteiger partial charge in [-0.2, -0.15) is 0 Å². The summed E-state index contributed by atoms with van der Waals surface area (Å²) >= 11 is 6.32. The molecule has 3 atom stereocenters. The number of nitrogens with zero attached hydrogens (tertiary/aromatic N) is 4. The molecule has 5 heterocycles. The van der Waals surface area contributed by atoms with E-state index in [-0.39, 0.29) is 30.2 Å². The Morgan fingerprint density at radius 2 is 1.32 bits per heavy atom. The van der Waals surface area contributed by atoms with Crippen molar-refractivity contribution in [3.8, 4) is 17.2 Å². The number of ether oxygens (including phenoxy) is 1. The van der Waals surface area contributed by atoms with Gasteiger partial charge in [0.15, 0.2) is 0 Å². The van der Waals surface area contributed by atoms with Gasteiger partial charge in [0.05, 0.1) is 11.1 Å². The van der Waals surface area contributed by atoms with Crippen LogP contribution in [0.4, 0.5) is 5.69 Å². The number of rotatable bonds is 13. The number of phenolic OH excluding ortho intramolecular Hbond substituents is 2. The first-order chi connectivity index (χ1) is 30.1. The number of hydrogen-bond donors (Lipinski definition) is 3. The molecule has 0 radical (unpaired) electrons. The summed E-state index contributed by atoms with van der Waals surface area (Å²) in [5.74, 6) is 0.353. The smallest absolute Gasteiger partial charge is 0.262 e. The summed E-state index contributed by atoms with van der Waals surface area (Å²) in [6.45, 7) is 6.54. The van der Waals surface area contributed by atoms with Crippen LogP contribution < -0.4 is 15.0 Å². The molecule has 0 aromatic heterocycles. The van der Waals surface area contributed by atoms with E-state index in [1.165, 1.54) is 0 Å². The molecule has 9 rings (SSSR count). The largest absolute Gasteiger partial charge is 0.508 e. The average molecular weight is 858 g/mol. The summed E-state index contributed by atoms with van der Waals surface area (Å²) in [4.78, 5) is 59.6. The number of alkyl halides is 1. The molecular weight excluding hydrogens is 806 g/mol. The number of carbonyl (C=O) groups is 4. The number of halogens is 1. The van der Waals surface area contributed by atoms with Crippen molar-refractivity contribution < 1.29 is 34.1 Å². The Bertz CT molecular complexity index is 2350. The lowest BCUT2D eigenvalue weighted by atomic mass is 9.88. The molecule has 62 heavy (non-hydrogen) atoms. The molecule has 12 nitrogen and oxygen atoms in total. The van der Waals surface area contributed by atoms with E-state index >= 15 is 0 Å². The third-order valence-electron chi connectivity index (χ3n) is 13.3. The molecule has 0 aliphatic carbocycles. The van der Waals surface area contributed by atoms with E-state index in [1.54, 1.807) is 30.3 Å². The van der Waals surface area contributed by atoms with Gasteiger partial charge >= 0.3 is 0 Å². The predicted octanol–water partition coefficient (Wildman–Crippen LogP) is 6.53. The van der Waals surface area contributed by atoms with E-state index in [0.29, 0.717) is 48.0 Å². The van der Waals surface area contributed by atoms with Crippen LogP contribution in [0.1, 0.15) is 82.4 Å². The Balaban J connectivity index is 0.761. The summed E-state index contributed by atoms with van der Waals surface area (Å²) < 4.78 is 6.26. The molecule has 2 bridgehead atoms. The highest BCUT2D eigenvalue weighted by atomic mass is 35.5. The Morgan fingerprint density at radius 3 is 1.95 bits per heavy atom. The maximum atomic E-state index is 13.5. The minimum atomic E-state index is -0.968. The standard InChI is InChI=1S/C49H52ClN5O7/c50-22-19-41(32-1-10-38(56)11-2-32)46(33-3-12-39(57)13-4-33)34-5-14-40(15-6-34)62-26-25-52-23-20-31(21-24-52)28-53-29-36-7-8-37(30-53)54(36)35-9-16-42-43(27-35)49(61)55(48(42)60)44-17-18-45(58)51-47(44)59/h1-6,9-16,27,31,36-37,44,56-57H,7-8,17-26,28-30H2,(H,51,58,59). The third kappa shape index (κ3) is 8.56. The van der Waals surface area contributed by atoms with Gasteiger partial charge in [-0.3, -0.25) is 39.2 Å². The fourth-order valence-corrected chi connectivity index (χ4v) is 10.5. The molecule has 0 saturated carbocycles. The van der Waals surface area contributed by atoms with E-state index in [4.69, 9.17) is 16.3 Å². The zero-order chi connectivity index (χ0) is 42.9. The fourth-order valence-electron chi connectivity index (χ4n) is 10.3. The highest BCUT2D eigenvalue weighted by Crippen LogP contribution is 2.39. The summed E-state index contributed by atoms with van der Waals surface area (Å²) in [5, 5.41) is 22.2. The number of likely N-dealkylation sites (tertiary alicyclic amines) is 2. The summed E-state index contributed by atoms with van der Waals surface area (Å²) in [7, 11) is 0. The molecule has 4 aromatic rings. The van der Waals surface area contributed by atoms with E-state index in [2.05, 4.69) is 32.1 Å². The molecule has 3 unspecified atom stereocenters. The second-order valence-corrected chi connectivity index (χ2v) is 17.6. The number of fused-ring (bicyclic) bond motifs is 3. The SMILES string of the molecule is O=C1CCC(N2C(=O)c3ccc(N4C5CCC4CN(CC4CCN(CCOc6ccc(C(=C(CCCl)c7ccc(O)cc7)c7ccc(O)cc7)cc6)CC4)C5)cc3C2=O)C(=O)N1. The minimum absolute atomic E-state index is 0.0979. The van der Waals surface area contributed by atoms with Gasteiger partial charge in [0.2, 0.25) is 11.8 Å². The van der Waals surface area contributed by atoms with Crippen molar-refractivity contribution in [2.45, 2.75) is 63.1 Å². The number of nitrogens with one attached hydrogen (secondary N) is 1. The Hall–Kier alpha value is -5.69. The van der Waals surface area contributed by atoms with E-state index in [9.17, 15) is 29.4 Å². The van der Waals surface area contributed by atoms with Crippen LogP contribution in [0.5, 0.6) is 17.2 Å². The predicted molar refractivity (Wildman–Crippen MR) is 237 cm³/mol. The molecule has 5 aliphatic heterocycles. The molecule has 4 fully saturated rings. The van der Waals surface area contributed by atoms with Gasteiger partial charge in [-0.15, -0.1) is 11.6 Å². The number of imide groups is 2. The van der Waals surface area contributed by atoms with Gasteiger partial charge in [-0.05, 0) is 140 Å². The number of allylic oxidation sites excluding steroid dienone is 1. The fraction of sp³-hybridized carbons (Fsp3) is 0.388. The number of amides is 4.